The van der Waals surface area contributed by atoms with Crippen LogP contribution in [0.1, 0.15) is 16.7 Å². The van der Waals surface area contributed by atoms with Crippen LogP contribution < -0.4 is 10.1 Å². The number of benzene rings is 1. The summed E-state index contributed by atoms with van der Waals surface area (Å²) in [6.45, 7) is 6.15. The fraction of sp³-hybridized carbons (Fsp3) is 0.462. The highest BCUT2D eigenvalue weighted by Crippen LogP contribution is 2.30. The van der Waals surface area contributed by atoms with Crippen molar-refractivity contribution in [1.82, 2.24) is 0 Å². The molecule has 4 nitrogen and oxygen atoms in total. The van der Waals surface area contributed by atoms with Gasteiger partial charge in [0.15, 0.2) is 0 Å². The standard InChI is InChI=1S/C13H19NO3/c1-8-6-11(16-4)9(2)10(3)13(8)14-7-12(15)17-5/h6,14H,7H2,1-5H3. The highest BCUT2D eigenvalue weighted by Gasteiger charge is 2.11. The van der Waals surface area contributed by atoms with Gasteiger partial charge in [0, 0.05) is 5.69 Å². The van der Waals surface area contributed by atoms with Crippen molar-refractivity contribution in [1.29, 1.82) is 0 Å². The Bertz CT molecular complexity index is 427. The Hall–Kier alpha value is -1.71. The van der Waals surface area contributed by atoms with Crippen LogP contribution in [0.25, 0.3) is 0 Å². The molecule has 0 aliphatic rings. The molecule has 1 rings (SSSR count). The van der Waals surface area contributed by atoms with Gasteiger partial charge in [-0.2, -0.15) is 0 Å². The Balaban J connectivity index is 3.00. The van der Waals surface area contributed by atoms with E-state index in [1.807, 2.05) is 26.8 Å². The molecule has 1 aromatic rings. The van der Waals surface area contributed by atoms with Gasteiger partial charge in [0.2, 0.25) is 0 Å². The Labute approximate surface area is 102 Å². The maximum Gasteiger partial charge on any atom is 0.325 e. The van der Waals surface area contributed by atoms with Crippen LogP contribution in [0.2, 0.25) is 0 Å². The molecule has 0 aliphatic carbocycles. The molecule has 4 heteroatoms. The molecule has 0 heterocycles. The van der Waals surface area contributed by atoms with Crippen molar-refractivity contribution in [2.75, 3.05) is 26.1 Å². The van der Waals surface area contributed by atoms with Crippen LogP contribution in [-0.4, -0.2) is 26.7 Å². The lowest BCUT2D eigenvalue weighted by atomic mass is 10.0. The molecule has 1 aromatic carbocycles. The molecule has 0 bridgehead atoms. The van der Waals surface area contributed by atoms with Gasteiger partial charge in [0.1, 0.15) is 12.3 Å². The number of methoxy groups -OCH3 is 2. The van der Waals surface area contributed by atoms with Crippen molar-refractivity contribution in [3.8, 4) is 5.75 Å². The van der Waals surface area contributed by atoms with Crippen LogP contribution in [-0.2, 0) is 9.53 Å². The zero-order valence-corrected chi connectivity index (χ0v) is 11.0. The molecule has 0 spiro atoms. The van der Waals surface area contributed by atoms with Gasteiger partial charge in [-0.05, 0) is 43.5 Å². The van der Waals surface area contributed by atoms with E-state index in [0.29, 0.717) is 0 Å². The topological polar surface area (TPSA) is 47.6 Å². The first-order chi connectivity index (χ1) is 8.01. The third kappa shape index (κ3) is 2.90. The second-order valence-corrected chi connectivity index (χ2v) is 3.95. The molecule has 0 saturated heterocycles. The van der Waals surface area contributed by atoms with Gasteiger partial charge < -0.3 is 14.8 Å². The number of anilines is 1. The van der Waals surface area contributed by atoms with E-state index in [-0.39, 0.29) is 12.5 Å². The second-order valence-electron chi connectivity index (χ2n) is 3.95. The second kappa shape index (κ2) is 5.57. The van der Waals surface area contributed by atoms with Crippen LogP contribution in [0.15, 0.2) is 6.07 Å². The number of nitrogens with one attached hydrogen (secondary N) is 1. The van der Waals surface area contributed by atoms with E-state index in [0.717, 1.165) is 28.1 Å². The zero-order chi connectivity index (χ0) is 13.0. The van der Waals surface area contributed by atoms with E-state index in [9.17, 15) is 4.79 Å². The first-order valence-electron chi connectivity index (χ1n) is 5.46. The van der Waals surface area contributed by atoms with Crippen molar-refractivity contribution in [3.05, 3.63) is 22.8 Å². The smallest absolute Gasteiger partial charge is 0.325 e. The van der Waals surface area contributed by atoms with Crippen molar-refractivity contribution in [2.24, 2.45) is 0 Å². The molecule has 0 aromatic heterocycles. The maximum atomic E-state index is 11.1. The van der Waals surface area contributed by atoms with Crippen LogP contribution in [0.3, 0.4) is 0 Å². The van der Waals surface area contributed by atoms with Gasteiger partial charge in [-0.25, -0.2) is 0 Å². The fourth-order valence-corrected chi connectivity index (χ4v) is 1.76. The molecule has 94 valence electrons. The number of carbonyl (C=O) groups excluding carboxylic acids is 1. The summed E-state index contributed by atoms with van der Waals surface area (Å²) in [5.74, 6) is 0.584. The lowest BCUT2D eigenvalue weighted by Crippen LogP contribution is -2.16. The summed E-state index contributed by atoms with van der Waals surface area (Å²) in [4.78, 5) is 11.1. The molecule has 17 heavy (non-hydrogen) atoms. The molecule has 0 atom stereocenters. The van der Waals surface area contributed by atoms with Gasteiger partial charge in [-0.1, -0.05) is 0 Å². The molecule has 0 saturated carbocycles. The number of carbonyl (C=O) groups is 1. The molecular weight excluding hydrogens is 218 g/mol. The number of hydrogen-bond donors (Lipinski definition) is 1. The van der Waals surface area contributed by atoms with E-state index < -0.39 is 0 Å². The molecule has 0 fully saturated rings. The quantitative estimate of drug-likeness (QED) is 0.816. The van der Waals surface area contributed by atoms with Crippen LogP contribution in [0, 0.1) is 20.8 Å². The van der Waals surface area contributed by atoms with Crippen LogP contribution in [0.5, 0.6) is 5.75 Å². The highest BCUT2D eigenvalue weighted by atomic mass is 16.5. The minimum atomic E-state index is -0.280. The van der Waals surface area contributed by atoms with Crippen molar-refractivity contribution in [2.45, 2.75) is 20.8 Å². The minimum Gasteiger partial charge on any atom is -0.496 e. The van der Waals surface area contributed by atoms with Crippen molar-refractivity contribution >= 4 is 11.7 Å². The van der Waals surface area contributed by atoms with Crippen molar-refractivity contribution in [3.63, 3.8) is 0 Å². The third-order valence-electron chi connectivity index (χ3n) is 2.91. The van der Waals surface area contributed by atoms with Gasteiger partial charge in [-0.15, -0.1) is 0 Å². The SMILES string of the molecule is COC(=O)CNc1c(C)cc(OC)c(C)c1C. The van der Waals surface area contributed by atoms with Gasteiger partial charge >= 0.3 is 5.97 Å². The number of aryl methyl sites for hydroxylation is 1. The highest BCUT2D eigenvalue weighted by molar-refractivity contribution is 5.76. The Morgan fingerprint density at radius 1 is 1.24 bits per heavy atom. The predicted octanol–water partition coefficient (Wildman–Crippen LogP) is 2.21. The van der Waals surface area contributed by atoms with Crippen molar-refractivity contribution < 1.29 is 14.3 Å². The van der Waals surface area contributed by atoms with E-state index >= 15 is 0 Å². The first kappa shape index (κ1) is 13.4. The average Bonchev–Trinajstić information content (AvgIpc) is 2.33. The Kier molecular flexibility index (Phi) is 4.37. The molecular formula is C13H19NO3. The fourth-order valence-electron chi connectivity index (χ4n) is 1.76. The normalized spacial score (nSPS) is 9.94. The largest absolute Gasteiger partial charge is 0.496 e. The molecule has 0 unspecified atom stereocenters. The van der Waals surface area contributed by atoms with E-state index in [4.69, 9.17) is 4.74 Å². The van der Waals surface area contributed by atoms with E-state index in [1.165, 1.54) is 7.11 Å². The zero-order valence-electron chi connectivity index (χ0n) is 11.0. The number of hydrogen-bond acceptors (Lipinski definition) is 4. The monoisotopic (exact) mass is 237 g/mol. The Morgan fingerprint density at radius 2 is 1.88 bits per heavy atom. The lowest BCUT2D eigenvalue weighted by Gasteiger charge is -2.16. The van der Waals surface area contributed by atoms with E-state index in [1.54, 1.807) is 7.11 Å². The Morgan fingerprint density at radius 3 is 2.41 bits per heavy atom. The van der Waals surface area contributed by atoms with Gasteiger partial charge in [0.05, 0.1) is 14.2 Å². The average molecular weight is 237 g/mol. The summed E-state index contributed by atoms with van der Waals surface area (Å²) in [6, 6.07) is 1.96. The summed E-state index contributed by atoms with van der Waals surface area (Å²) < 4.78 is 9.89. The maximum absolute atomic E-state index is 11.1. The molecule has 1 N–H and O–H groups in total. The number of esters is 1. The first-order valence-corrected chi connectivity index (χ1v) is 5.46. The summed E-state index contributed by atoms with van der Waals surface area (Å²) in [5.41, 5.74) is 4.18. The predicted molar refractivity (Wildman–Crippen MR) is 67.7 cm³/mol. The molecule has 0 radical (unpaired) electrons. The summed E-state index contributed by atoms with van der Waals surface area (Å²) >= 11 is 0. The van der Waals surface area contributed by atoms with E-state index in [2.05, 4.69) is 10.1 Å². The molecule has 0 aliphatic heterocycles. The lowest BCUT2D eigenvalue weighted by molar-refractivity contribution is -0.138. The van der Waals surface area contributed by atoms with Crippen LogP contribution >= 0.6 is 0 Å². The third-order valence-corrected chi connectivity index (χ3v) is 2.91. The number of rotatable bonds is 4. The summed E-state index contributed by atoms with van der Waals surface area (Å²) in [5, 5.41) is 3.09. The minimum absolute atomic E-state index is 0.171. The summed E-state index contributed by atoms with van der Waals surface area (Å²) in [7, 11) is 3.03. The van der Waals surface area contributed by atoms with Gasteiger partial charge in [0.25, 0.3) is 0 Å². The molecule has 0 amide bonds. The summed E-state index contributed by atoms with van der Waals surface area (Å²) in [6.07, 6.45) is 0. The van der Waals surface area contributed by atoms with Gasteiger partial charge in [-0.3, -0.25) is 4.79 Å². The van der Waals surface area contributed by atoms with Crippen LogP contribution in [0.4, 0.5) is 5.69 Å². The number of ether oxygens (including phenoxy) is 2.